The van der Waals surface area contributed by atoms with E-state index in [9.17, 15) is 20.0 Å². The molecule has 9 heteroatoms. The lowest BCUT2D eigenvalue weighted by Gasteiger charge is -2.22. The first-order valence-electron chi connectivity index (χ1n) is 8.52. The number of hydrogen-bond donors (Lipinski definition) is 2. The van der Waals surface area contributed by atoms with Crippen LogP contribution in [0.3, 0.4) is 0 Å². The Kier molecular flexibility index (Phi) is 5.02. The summed E-state index contributed by atoms with van der Waals surface area (Å²) in [7, 11) is 1.67. The largest absolute Gasteiger partial charge is 0.463 e. The number of nitrogens with one attached hydrogen (secondary N) is 1. The molecule has 0 spiro atoms. The van der Waals surface area contributed by atoms with Crippen molar-refractivity contribution in [2.75, 3.05) is 11.9 Å². The van der Waals surface area contributed by atoms with Gasteiger partial charge >= 0.3 is 0 Å². The third-order valence-corrected chi connectivity index (χ3v) is 4.38. The molecule has 1 aromatic carbocycles. The van der Waals surface area contributed by atoms with Crippen molar-refractivity contribution in [3.8, 4) is 0 Å². The fraction of sp³-hybridized carbons (Fsp3) is 0.263. The van der Waals surface area contributed by atoms with Crippen molar-refractivity contribution in [2.45, 2.75) is 19.4 Å². The van der Waals surface area contributed by atoms with Gasteiger partial charge in [0, 0.05) is 31.1 Å². The van der Waals surface area contributed by atoms with Crippen LogP contribution in [0.15, 0.2) is 47.1 Å². The van der Waals surface area contributed by atoms with E-state index in [0.29, 0.717) is 11.5 Å². The molecule has 2 heterocycles. The lowest BCUT2D eigenvalue weighted by molar-refractivity contribution is -0.384. The van der Waals surface area contributed by atoms with Gasteiger partial charge in [-0.3, -0.25) is 14.9 Å². The third-order valence-electron chi connectivity index (χ3n) is 4.38. The number of anilines is 1. The number of carbonyl (C=O) groups is 1. The van der Waals surface area contributed by atoms with Crippen molar-refractivity contribution in [1.82, 2.24) is 9.55 Å². The zero-order valence-corrected chi connectivity index (χ0v) is 15.7. The average molecular weight is 384 g/mol. The van der Waals surface area contributed by atoms with Crippen molar-refractivity contribution in [1.29, 1.82) is 0 Å². The first-order chi connectivity index (χ1) is 13.2. The van der Waals surface area contributed by atoms with E-state index in [2.05, 4.69) is 10.3 Å². The van der Waals surface area contributed by atoms with Gasteiger partial charge in [0.15, 0.2) is 5.82 Å². The monoisotopic (exact) mass is 384 g/mol. The minimum Gasteiger partial charge on any atom is -0.463 e. The van der Waals surface area contributed by atoms with Gasteiger partial charge in [-0.1, -0.05) is 0 Å². The van der Waals surface area contributed by atoms with Crippen LogP contribution in [0.4, 0.5) is 11.4 Å². The number of nitrogens with zero attached hydrogens (tertiary/aromatic N) is 3. The number of carbonyl (C=O) groups excluding carboxylic acids is 1. The van der Waals surface area contributed by atoms with E-state index >= 15 is 0 Å². The van der Waals surface area contributed by atoms with Crippen LogP contribution in [-0.4, -0.2) is 31.9 Å². The fourth-order valence-corrected chi connectivity index (χ4v) is 2.77. The Bertz CT molecular complexity index is 1030. The van der Waals surface area contributed by atoms with Crippen LogP contribution in [0.25, 0.3) is 0 Å². The molecule has 0 aliphatic rings. The minimum atomic E-state index is -1.37. The van der Waals surface area contributed by atoms with Gasteiger partial charge in [0.1, 0.15) is 22.8 Å². The number of ketones is 1. The normalized spacial score (nSPS) is 13.1. The van der Waals surface area contributed by atoms with Gasteiger partial charge in [0.2, 0.25) is 5.78 Å². The molecule has 0 bridgehead atoms. The molecule has 1 atom stereocenters. The number of imidazole rings is 1. The smallest absolute Gasteiger partial charge is 0.293 e. The van der Waals surface area contributed by atoms with E-state index in [1.807, 2.05) is 0 Å². The number of hydrogen-bond acceptors (Lipinski definition) is 7. The Morgan fingerprint density at radius 1 is 1.39 bits per heavy atom. The number of rotatable bonds is 7. The molecule has 0 amide bonds. The molecule has 0 saturated heterocycles. The Morgan fingerprint density at radius 3 is 2.71 bits per heavy atom. The highest BCUT2D eigenvalue weighted by Crippen LogP contribution is 2.29. The van der Waals surface area contributed by atoms with Crippen molar-refractivity contribution in [3.05, 3.63) is 75.7 Å². The lowest BCUT2D eigenvalue weighted by atomic mass is 10.0. The average Bonchev–Trinajstić information content (AvgIpc) is 3.28. The fourth-order valence-electron chi connectivity index (χ4n) is 2.77. The van der Waals surface area contributed by atoms with Gasteiger partial charge in [-0.05, 0) is 38.1 Å². The maximum absolute atomic E-state index is 12.5. The number of aromatic nitrogens is 2. The van der Waals surface area contributed by atoms with E-state index in [0.717, 1.165) is 0 Å². The van der Waals surface area contributed by atoms with E-state index < -0.39 is 16.3 Å². The van der Waals surface area contributed by atoms with Gasteiger partial charge in [-0.15, -0.1) is 0 Å². The molecule has 2 N–H and O–H groups in total. The van der Waals surface area contributed by atoms with Crippen LogP contribution in [0.5, 0.6) is 0 Å². The summed E-state index contributed by atoms with van der Waals surface area (Å²) in [6, 6.07) is 7.51. The summed E-state index contributed by atoms with van der Waals surface area (Å²) in [5.74, 6) is 0.770. The van der Waals surface area contributed by atoms with E-state index in [4.69, 9.17) is 4.42 Å². The molecule has 2 aromatic heterocycles. The summed E-state index contributed by atoms with van der Waals surface area (Å²) >= 11 is 0. The number of aryl methyl sites for hydroxylation is 2. The molecular weight excluding hydrogens is 364 g/mol. The van der Waals surface area contributed by atoms with Crippen molar-refractivity contribution >= 4 is 17.2 Å². The molecular formula is C19H20N4O5. The Balaban J connectivity index is 1.85. The highest BCUT2D eigenvalue weighted by Gasteiger charge is 2.28. The van der Waals surface area contributed by atoms with Crippen LogP contribution in [-0.2, 0) is 12.6 Å². The molecule has 146 valence electrons. The van der Waals surface area contributed by atoms with E-state index in [-0.39, 0.29) is 29.3 Å². The molecule has 9 nitrogen and oxygen atoms in total. The molecule has 3 rings (SSSR count). The van der Waals surface area contributed by atoms with Crippen LogP contribution < -0.4 is 5.32 Å². The van der Waals surface area contributed by atoms with Crippen molar-refractivity contribution in [2.24, 2.45) is 7.05 Å². The van der Waals surface area contributed by atoms with Gasteiger partial charge in [0.25, 0.3) is 5.69 Å². The third kappa shape index (κ3) is 3.79. The quantitative estimate of drug-likeness (QED) is 0.365. The van der Waals surface area contributed by atoms with Gasteiger partial charge in [0.05, 0.1) is 11.5 Å². The van der Waals surface area contributed by atoms with Gasteiger partial charge in [-0.2, -0.15) is 0 Å². The number of aliphatic hydroxyl groups is 1. The maximum Gasteiger partial charge on any atom is 0.293 e. The van der Waals surface area contributed by atoms with Crippen LogP contribution in [0, 0.1) is 17.0 Å². The predicted octanol–water partition coefficient (Wildman–Crippen LogP) is 2.78. The lowest BCUT2D eigenvalue weighted by Crippen LogP contribution is -2.30. The van der Waals surface area contributed by atoms with Crippen LogP contribution in [0.2, 0.25) is 0 Å². The van der Waals surface area contributed by atoms with Gasteiger partial charge in [-0.25, -0.2) is 4.98 Å². The highest BCUT2D eigenvalue weighted by atomic mass is 16.6. The van der Waals surface area contributed by atoms with Crippen LogP contribution in [0.1, 0.15) is 34.6 Å². The zero-order chi connectivity index (χ0) is 20.5. The zero-order valence-electron chi connectivity index (χ0n) is 15.7. The Hall–Kier alpha value is -3.46. The Labute approximate surface area is 160 Å². The first kappa shape index (κ1) is 19.3. The highest BCUT2D eigenvalue weighted by molar-refractivity contribution is 6.07. The van der Waals surface area contributed by atoms with Gasteiger partial charge < -0.3 is 19.4 Å². The SMILES string of the molecule is Cc1ccc(C(C)(O)CNc2ccc(C(=O)c3nccn3C)cc2[N+](=O)[O-])o1. The van der Waals surface area contributed by atoms with E-state index in [1.165, 1.54) is 24.4 Å². The molecule has 0 radical (unpaired) electrons. The summed E-state index contributed by atoms with van der Waals surface area (Å²) in [6.45, 7) is 3.28. The maximum atomic E-state index is 12.5. The second-order valence-corrected chi connectivity index (χ2v) is 6.72. The number of nitro groups is 1. The van der Waals surface area contributed by atoms with Crippen molar-refractivity contribution in [3.63, 3.8) is 0 Å². The topological polar surface area (TPSA) is 123 Å². The standard InChI is InChI=1S/C19H20N4O5/c1-12-4-7-16(28-12)19(2,25)11-21-14-6-5-13(10-15(14)23(26)27)17(24)18-20-8-9-22(18)3/h4-10,21,25H,11H2,1-3H3. The summed E-state index contributed by atoms with van der Waals surface area (Å²) in [5, 5.41) is 25.0. The number of benzene rings is 1. The number of furan rings is 1. The summed E-state index contributed by atoms with van der Waals surface area (Å²) in [5.41, 5.74) is -1.31. The second kappa shape index (κ2) is 7.28. The molecule has 1 unspecified atom stereocenters. The molecule has 0 aliphatic carbocycles. The number of nitro benzene ring substituents is 1. The summed E-state index contributed by atoms with van der Waals surface area (Å²) < 4.78 is 6.98. The second-order valence-electron chi connectivity index (χ2n) is 6.72. The molecule has 0 saturated carbocycles. The summed E-state index contributed by atoms with van der Waals surface area (Å²) in [6.07, 6.45) is 3.10. The first-order valence-corrected chi connectivity index (χ1v) is 8.52. The minimum absolute atomic E-state index is 0.0204. The Morgan fingerprint density at radius 2 is 2.14 bits per heavy atom. The van der Waals surface area contributed by atoms with Crippen LogP contribution >= 0.6 is 0 Å². The van der Waals surface area contributed by atoms with E-state index in [1.54, 1.807) is 43.8 Å². The summed E-state index contributed by atoms with van der Waals surface area (Å²) in [4.78, 5) is 27.4. The van der Waals surface area contributed by atoms with Crippen molar-refractivity contribution < 1.29 is 19.2 Å². The predicted molar refractivity (Wildman–Crippen MR) is 101 cm³/mol. The molecule has 3 aromatic rings. The molecule has 0 fully saturated rings. The molecule has 28 heavy (non-hydrogen) atoms. The molecule has 0 aliphatic heterocycles.